The summed E-state index contributed by atoms with van der Waals surface area (Å²) in [5.74, 6) is 5.71. The standard InChI is InChI=1S/C14H17N5S/c1-9-7-12(19(2)18-9)11(17-15)8-14-16-10-5-3-4-6-13(10)20-14/h3-7,11,17H,8,15H2,1-2H3. The highest BCUT2D eigenvalue weighted by Gasteiger charge is 2.17. The maximum Gasteiger partial charge on any atom is 0.0958 e. The number of fused-ring (bicyclic) bond motifs is 1. The first-order valence-electron chi connectivity index (χ1n) is 6.48. The van der Waals surface area contributed by atoms with Gasteiger partial charge in [0.2, 0.25) is 0 Å². The highest BCUT2D eigenvalue weighted by Crippen LogP contribution is 2.26. The number of rotatable bonds is 4. The van der Waals surface area contributed by atoms with Gasteiger partial charge in [0, 0.05) is 13.5 Å². The van der Waals surface area contributed by atoms with Gasteiger partial charge in [-0.05, 0) is 25.1 Å². The second kappa shape index (κ2) is 5.32. The molecule has 3 aromatic rings. The summed E-state index contributed by atoms with van der Waals surface area (Å²) in [7, 11) is 1.94. The third-order valence-corrected chi connectivity index (χ3v) is 4.37. The van der Waals surface area contributed by atoms with Crippen molar-refractivity contribution in [3.8, 4) is 0 Å². The van der Waals surface area contributed by atoms with Crippen LogP contribution in [0.1, 0.15) is 22.4 Å². The number of nitrogens with two attached hydrogens (primary N) is 1. The summed E-state index contributed by atoms with van der Waals surface area (Å²) in [6.07, 6.45) is 0.759. The molecule has 0 aliphatic carbocycles. The van der Waals surface area contributed by atoms with Gasteiger partial charge >= 0.3 is 0 Å². The Kier molecular flexibility index (Phi) is 3.52. The molecule has 0 saturated carbocycles. The maximum atomic E-state index is 5.71. The number of aryl methyl sites for hydroxylation is 2. The van der Waals surface area contributed by atoms with Gasteiger partial charge in [-0.1, -0.05) is 12.1 Å². The summed E-state index contributed by atoms with van der Waals surface area (Å²) in [5.41, 5.74) is 5.98. The molecule has 20 heavy (non-hydrogen) atoms. The van der Waals surface area contributed by atoms with E-state index in [1.54, 1.807) is 11.3 Å². The number of aromatic nitrogens is 3. The lowest BCUT2D eigenvalue weighted by Crippen LogP contribution is -2.31. The lowest BCUT2D eigenvalue weighted by molar-refractivity contribution is 0.508. The van der Waals surface area contributed by atoms with Crippen LogP contribution in [0.15, 0.2) is 30.3 Å². The molecule has 0 radical (unpaired) electrons. The SMILES string of the molecule is Cc1cc(C(Cc2nc3ccccc3s2)NN)n(C)n1. The van der Waals surface area contributed by atoms with Crippen LogP contribution < -0.4 is 11.3 Å². The smallest absolute Gasteiger partial charge is 0.0958 e. The molecule has 5 nitrogen and oxygen atoms in total. The number of benzene rings is 1. The molecule has 104 valence electrons. The zero-order valence-corrected chi connectivity index (χ0v) is 12.3. The maximum absolute atomic E-state index is 5.71. The van der Waals surface area contributed by atoms with E-state index in [0.29, 0.717) is 0 Å². The third-order valence-electron chi connectivity index (χ3n) is 3.31. The normalized spacial score (nSPS) is 12.9. The van der Waals surface area contributed by atoms with Gasteiger partial charge < -0.3 is 0 Å². The topological polar surface area (TPSA) is 68.8 Å². The molecule has 3 N–H and O–H groups in total. The van der Waals surface area contributed by atoms with Crippen molar-refractivity contribution in [3.05, 3.63) is 46.7 Å². The van der Waals surface area contributed by atoms with Gasteiger partial charge in [0.25, 0.3) is 0 Å². The van der Waals surface area contributed by atoms with E-state index < -0.39 is 0 Å². The fraction of sp³-hybridized carbons (Fsp3) is 0.286. The van der Waals surface area contributed by atoms with Gasteiger partial charge in [-0.2, -0.15) is 5.10 Å². The summed E-state index contributed by atoms with van der Waals surface area (Å²) in [6.45, 7) is 1.98. The Bertz CT molecular complexity index is 697. The lowest BCUT2D eigenvalue weighted by atomic mass is 10.1. The number of thiazole rings is 1. The molecule has 0 aliphatic rings. The molecule has 0 bridgehead atoms. The zero-order valence-electron chi connectivity index (χ0n) is 11.5. The number of hydrazine groups is 1. The van der Waals surface area contributed by atoms with E-state index in [9.17, 15) is 0 Å². The molecule has 1 atom stereocenters. The van der Waals surface area contributed by atoms with Crippen LogP contribution in [0.3, 0.4) is 0 Å². The minimum atomic E-state index is 0.0155. The first kappa shape index (κ1) is 13.2. The predicted molar refractivity (Wildman–Crippen MR) is 81.3 cm³/mol. The third kappa shape index (κ3) is 2.45. The second-order valence-corrected chi connectivity index (χ2v) is 5.95. The van der Waals surface area contributed by atoms with Crippen molar-refractivity contribution in [1.29, 1.82) is 0 Å². The minimum Gasteiger partial charge on any atom is -0.271 e. The Morgan fingerprint density at radius 1 is 1.40 bits per heavy atom. The number of nitrogens with zero attached hydrogens (tertiary/aromatic N) is 3. The van der Waals surface area contributed by atoms with E-state index >= 15 is 0 Å². The van der Waals surface area contributed by atoms with Crippen LogP contribution in [0.5, 0.6) is 0 Å². The Balaban J connectivity index is 1.89. The van der Waals surface area contributed by atoms with Crippen molar-refractivity contribution >= 4 is 21.6 Å². The molecule has 3 rings (SSSR count). The van der Waals surface area contributed by atoms with Crippen molar-refractivity contribution in [1.82, 2.24) is 20.2 Å². The van der Waals surface area contributed by atoms with E-state index in [1.165, 1.54) is 4.70 Å². The summed E-state index contributed by atoms with van der Waals surface area (Å²) < 4.78 is 3.08. The van der Waals surface area contributed by atoms with Gasteiger partial charge in [-0.15, -0.1) is 11.3 Å². The molecule has 0 spiro atoms. The summed E-state index contributed by atoms with van der Waals surface area (Å²) in [6, 6.07) is 10.2. The molecular formula is C14H17N5S. The van der Waals surface area contributed by atoms with Gasteiger partial charge in [0.15, 0.2) is 0 Å². The lowest BCUT2D eigenvalue weighted by Gasteiger charge is -2.14. The van der Waals surface area contributed by atoms with Crippen LogP contribution in [-0.4, -0.2) is 14.8 Å². The van der Waals surface area contributed by atoms with Crippen LogP contribution in [0.25, 0.3) is 10.2 Å². The van der Waals surface area contributed by atoms with Crippen molar-refractivity contribution in [3.63, 3.8) is 0 Å². The largest absolute Gasteiger partial charge is 0.271 e. The Labute approximate surface area is 121 Å². The Morgan fingerprint density at radius 2 is 2.20 bits per heavy atom. The van der Waals surface area contributed by atoms with Crippen LogP contribution in [-0.2, 0) is 13.5 Å². The predicted octanol–water partition coefficient (Wildman–Crippen LogP) is 2.09. The van der Waals surface area contributed by atoms with Gasteiger partial charge in [0.05, 0.1) is 32.7 Å². The monoisotopic (exact) mass is 287 g/mol. The van der Waals surface area contributed by atoms with Gasteiger partial charge in [-0.3, -0.25) is 16.0 Å². The first-order chi connectivity index (χ1) is 9.67. The summed E-state index contributed by atoms with van der Waals surface area (Å²) in [4.78, 5) is 4.66. The van der Waals surface area contributed by atoms with Crippen molar-refractivity contribution in [2.75, 3.05) is 0 Å². The molecule has 2 heterocycles. The van der Waals surface area contributed by atoms with E-state index in [-0.39, 0.29) is 6.04 Å². The van der Waals surface area contributed by atoms with Crippen molar-refractivity contribution in [2.24, 2.45) is 12.9 Å². The number of hydrogen-bond donors (Lipinski definition) is 2. The highest BCUT2D eigenvalue weighted by molar-refractivity contribution is 7.18. The summed E-state index contributed by atoms with van der Waals surface area (Å²) in [5, 5.41) is 5.45. The summed E-state index contributed by atoms with van der Waals surface area (Å²) >= 11 is 1.71. The van der Waals surface area contributed by atoms with Crippen LogP contribution in [0.4, 0.5) is 0 Å². The molecule has 2 aromatic heterocycles. The van der Waals surface area contributed by atoms with Crippen LogP contribution in [0, 0.1) is 6.92 Å². The molecule has 0 aliphatic heterocycles. The molecule has 0 amide bonds. The molecule has 1 aromatic carbocycles. The van der Waals surface area contributed by atoms with E-state index in [2.05, 4.69) is 27.6 Å². The average molecular weight is 287 g/mol. The minimum absolute atomic E-state index is 0.0155. The molecule has 6 heteroatoms. The number of para-hydroxylation sites is 1. The van der Waals surface area contributed by atoms with E-state index in [1.807, 2.05) is 36.9 Å². The molecular weight excluding hydrogens is 270 g/mol. The Morgan fingerprint density at radius 3 is 2.85 bits per heavy atom. The fourth-order valence-electron chi connectivity index (χ4n) is 2.39. The Hall–Kier alpha value is -1.76. The molecule has 0 fully saturated rings. The number of nitrogens with one attached hydrogen (secondary N) is 1. The number of hydrogen-bond acceptors (Lipinski definition) is 5. The van der Waals surface area contributed by atoms with E-state index in [0.717, 1.165) is 28.3 Å². The highest BCUT2D eigenvalue weighted by atomic mass is 32.1. The average Bonchev–Trinajstić information content (AvgIpc) is 2.98. The molecule has 0 saturated heterocycles. The second-order valence-electron chi connectivity index (χ2n) is 4.83. The van der Waals surface area contributed by atoms with Crippen molar-refractivity contribution in [2.45, 2.75) is 19.4 Å². The quantitative estimate of drug-likeness (QED) is 0.569. The van der Waals surface area contributed by atoms with Gasteiger partial charge in [-0.25, -0.2) is 4.98 Å². The van der Waals surface area contributed by atoms with Gasteiger partial charge in [0.1, 0.15) is 0 Å². The zero-order chi connectivity index (χ0) is 14.1. The van der Waals surface area contributed by atoms with Crippen LogP contribution >= 0.6 is 11.3 Å². The fourth-order valence-corrected chi connectivity index (χ4v) is 3.40. The molecule has 1 unspecified atom stereocenters. The van der Waals surface area contributed by atoms with E-state index in [4.69, 9.17) is 5.84 Å². The van der Waals surface area contributed by atoms with Crippen molar-refractivity contribution < 1.29 is 0 Å². The first-order valence-corrected chi connectivity index (χ1v) is 7.30. The van der Waals surface area contributed by atoms with Crippen LogP contribution in [0.2, 0.25) is 0 Å².